The zero-order chi connectivity index (χ0) is 22.5. The summed E-state index contributed by atoms with van der Waals surface area (Å²) in [4.78, 5) is 26.8. The molecule has 0 bridgehead atoms. The van der Waals surface area contributed by atoms with Gasteiger partial charge in [-0.2, -0.15) is 0 Å². The van der Waals surface area contributed by atoms with E-state index in [-0.39, 0.29) is 29.8 Å². The van der Waals surface area contributed by atoms with Crippen molar-refractivity contribution in [3.05, 3.63) is 65.2 Å². The van der Waals surface area contributed by atoms with Crippen molar-refractivity contribution in [2.24, 2.45) is 0 Å². The average Bonchev–Trinajstić information content (AvgIpc) is 2.77. The Morgan fingerprint density at radius 3 is 2.32 bits per heavy atom. The second-order valence-electron chi connectivity index (χ2n) is 7.57. The van der Waals surface area contributed by atoms with Gasteiger partial charge in [0.15, 0.2) is 0 Å². The molecule has 0 unspecified atom stereocenters. The third-order valence-corrected chi connectivity index (χ3v) is 7.33. The minimum absolute atomic E-state index is 0.00232. The van der Waals surface area contributed by atoms with Gasteiger partial charge in [-0.25, -0.2) is 13.1 Å². The highest BCUT2D eigenvalue weighted by molar-refractivity contribution is 7.89. The Bertz CT molecular complexity index is 1040. The van der Waals surface area contributed by atoms with Crippen molar-refractivity contribution in [1.82, 2.24) is 14.9 Å². The van der Waals surface area contributed by atoms with Gasteiger partial charge in [-0.15, -0.1) is 0 Å². The summed E-state index contributed by atoms with van der Waals surface area (Å²) in [7, 11) is -3.72. The third kappa shape index (κ3) is 5.44. The lowest BCUT2D eigenvalue weighted by Crippen LogP contribution is -2.53. The normalized spacial score (nSPS) is 16.0. The summed E-state index contributed by atoms with van der Waals surface area (Å²) in [6.07, 6.45) is 1.02. The topological polar surface area (TPSA) is 95.6 Å². The highest BCUT2D eigenvalue weighted by Gasteiger charge is 2.43. The van der Waals surface area contributed by atoms with Crippen LogP contribution in [-0.4, -0.2) is 51.3 Å². The number of hydrogen-bond acceptors (Lipinski definition) is 4. The van der Waals surface area contributed by atoms with Crippen molar-refractivity contribution < 1.29 is 18.0 Å². The molecule has 1 fully saturated rings. The number of nitrogens with one attached hydrogen (secondary N) is 2. The molecular weight excluding hydrogens is 438 g/mol. The van der Waals surface area contributed by atoms with Gasteiger partial charge in [0.25, 0.3) is 0 Å². The molecule has 0 saturated carbocycles. The summed E-state index contributed by atoms with van der Waals surface area (Å²) in [6, 6.07) is 15.5. The summed E-state index contributed by atoms with van der Waals surface area (Å²) in [5.41, 5.74) is 0.147. The molecule has 0 radical (unpaired) electrons. The number of nitrogens with zero attached hydrogens (tertiary/aromatic N) is 1. The first-order valence-corrected chi connectivity index (χ1v) is 12.0. The fourth-order valence-corrected chi connectivity index (χ4v) is 5.19. The van der Waals surface area contributed by atoms with Gasteiger partial charge < -0.3 is 10.2 Å². The summed E-state index contributed by atoms with van der Waals surface area (Å²) in [5.74, 6) is -0.165. The molecule has 0 aliphatic carbocycles. The van der Waals surface area contributed by atoms with Gasteiger partial charge in [-0.1, -0.05) is 48.0 Å². The van der Waals surface area contributed by atoms with E-state index in [0.29, 0.717) is 31.0 Å². The fraction of sp³-hybridized carbons (Fsp3) is 0.364. The van der Waals surface area contributed by atoms with Crippen molar-refractivity contribution >= 4 is 33.4 Å². The van der Waals surface area contributed by atoms with Gasteiger partial charge >= 0.3 is 0 Å². The Balaban J connectivity index is 1.64. The lowest BCUT2D eigenvalue weighted by molar-refractivity contribution is -0.135. The number of rotatable bonds is 7. The van der Waals surface area contributed by atoms with Crippen molar-refractivity contribution in [3.8, 4) is 0 Å². The van der Waals surface area contributed by atoms with Crippen molar-refractivity contribution in [3.63, 3.8) is 0 Å². The zero-order valence-corrected chi connectivity index (χ0v) is 18.9. The van der Waals surface area contributed by atoms with E-state index in [4.69, 9.17) is 11.6 Å². The lowest BCUT2D eigenvalue weighted by Gasteiger charge is -2.40. The Morgan fingerprint density at radius 2 is 1.71 bits per heavy atom. The second-order valence-corrected chi connectivity index (χ2v) is 9.77. The van der Waals surface area contributed by atoms with Crippen LogP contribution in [0.1, 0.15) is 25.3 Å². The molecule has 2 aromatic carbocycles. The molecule has 0 aromatic heterocycles. The lowest BCUT2D eigenvalue weighted by atomic mass is 9.72. The molecule has 0 atom stereocenters. The number of carbonyl (C=O) groups excluding carboxylic acids is 2. The predicted molar refractivity (Wildman–Crippen MR) is 119 cm³/mol. The molecule has 0 spiro atoms. The van der Waals surface area contributed by atoms with Crippen LogP contribution in [0.3, 0.4) is 0 Å². The SMILES string of the molecule is CC(=O)N1CCC(C(=O)NCCNS(=O)(=O)c2cccc(Cl)c2)(c2ccccc2)CC1. The number of piperidine rings is 1. The number of likely N-dealkylation sites (tertiary alicyclic amines) is 1. The zero-order valence-electron chi connectivity index (χ0n) is 17.3. The minimum Gasteiger partial charge on any atom is -0.354 e. The summed E-state index contributed by atoms with van der Waals surface area (Å²) < 4.78 is 27.3. The van der Waals surface area contributed by atoms with Crippen LogP contribution in [-0.2, 0) is 25.0 Å². The molecule has 1 heterocycles. The van der Waals surface area contributed by atoms with Gasteiger partial charge in [0.2, 0.25) is 21.8 Å². The van der Waals surface area contributed by atoms with Crippen LogP contribution >= 0.6 is 11.6 Å². The van der Waals surface area contributed by atoms with Crippen LogP contribution in [0.5, 0.6) is 0 Å². The van der Waals surface area contributed by atoms with Crippen LogP contribution in [0.4, 0.5) is 0 Å². The van der Waals surface area contributed by atoms with E-state index >= 15 is 0 Å². The van der Waals surface area contributed by atoms with Gasteiger partial charge in [-0.3, -0.25) is 9.59 Å². The molecule has 1 aliphatic rings. The first-order valence-electron chi connectivity index (χ1n) is 10.1. The van der Waals surface area contributed by atoms with Crippen molar-refractivity contribution in [1.29, 1.82) is 0 Å². The molecule has 9 heteroatoms. The molecular formula is C22H26ClN3O4S. The van der Waals surface area contributed by atoms with Crippen LogP contribution in [0.15, 0.2) is 59.5 Å². The standard InChI is InChI=1S/C22H26ClN3O4S/c1-17(27)26-14-10-22(11-15-26,18-6-3-2-4-7-18)21(28)24-12-13-25-31(29,30)20-9-5-8-19(23)16-20/h2-9,16,25H,10-15H2,1H3,(H,24,28). The van der Waals surface area contributed by atoms with Gasteiger partial charge in [0, 0.05) is 38.1 Å². The van der Waals surface area contributed by atoms with E-state index in [1.807, 2.05) is 30.3 Å². The molecule has 31 heavy (non-hydrogen) atoms. The minimum atomic E-state index is -3.72. The summed E-state index contributed by atoms with van der Waals surface area (Å²) in [5, 5.41) is 3.21. The first kappa shape index (κ1) is 23.2. The Labute approximate surface area is 187 Å². The number of benzene rings is 2. The highest BCUT2D eigenvalue weighted by atomic mass is 35.5. The molecule has 2 amide bonds. The third-order valence-electron chi connectivity index (χ3n) is 5.63. The van der Waals surface area contributed by atoms with E-state index in [2.05, 4.69) is 10.0 Å². The van der Waals surface area contributed by atoms with E-state index in [9.17, 15) is 18.0 Å². The number of amides is 2. The van der Waals surface area contributed by atoms with Gasteiger partial charge in [0.1, 0.15) is 0 Å². The number of sulfonamides is 1. The second kappa shape index (κ2) is 9.80. The summed E-state index contributed by atoms with van der Waals surface area (Å²) >= 11 is 5.87. The smallest absolute Gasteiger partial charge is 0.240 e. The van der Waals surface area contributed by atoms with Crippen molar-refractivity contribution in [2.45, 2.75) is 30.1 Å². The Kier molecular flexibility index (Phi) is 7.35. The van der Waals surface area contributed by atoms with Crippen LogP contribution in [0, 0.1) is 0 Å². The molecule has 2 N–H and O–H groups in total. The predicted octanol–water partition coefficient (Wildman–Crippen LogP) is 2.31. The van der Waals surface area contributed by atoms with Crippen LogP contribution in [0.2, 0.25) is 5.02 Å². The van der Waals surface area contributed by atoms with Gasteiger partial charge in [0.05, 0.1) is 10.3 Å². The fourth-order valence-electron chi connectivity index (χ4n) is 3.86. The monoisotopic (exact) mass is 463 g/mol. The van der Waals surface area contributed by atoms with E-state index in [0.717, 1.165) is 5.56 Å². The van der Waals surface area contributed by atoms with Crippen LogP contribution < -0.4 is 10.0 Å². The Morgan fingerprint density at radius 1 is 1.03 bits per heavy atom. The number of carbonyl (C=O) groups is 2. The van der Waals surface area contributed by atoms with Crippen LogP contribution in [0.25, 0.3) is 0 Å². The molecule has 166 valence electrons. The molecule has 1 saturated heterocycles. The maximum atomic E-state index is 13.2. The molecule has 7 nitrogen and oxygen atoms in total. The highest BCUT2D eigenvalue weighted by Crippen LogP contribution is 2.36. The Hall–Kier alpha value is -2.42. The quantitative estimate of drug-likeness (QED) is 0.616. The van der Waals surface area contributed by atoms with E-state index < -0.39 is 15.4 Å². The van der Waals surface area contributed by atoms with Crippen molar-refractivity contribution in [2.75, 3.05) is 26.2 Å². The van der Waals surface area contributed by atoms with E-state index in [1.54, 1.807) is 17.0 Å². The van der Waals surface area contributed by atoms with E-state index in [1.165, 1.54) is 19.1 Å². The molecule has 2 aromatic rings. The average molecular weight is 464 g/mol. The maximum Gasteiger partial charge on any atom is 0.240 e. The number of hydrogen-bond donors (Lipinski definition) is 2. The molecule has 1 aliphatic heterocycles. The molecule has 3 rings (SSSR count). The van der Waals surface area contributed by atoms with Gasteiger partial charge in [-0.05, 0) is 36.6 Å². The first-order chi connectivity index (χ1) is 14.7. The largest absolute Gasteiger partial charge is 0.354 e. The maximum absolute atomic E-state index is 13.2. The summed E-state index contributed by atoms with van der Waals surface area (Å²) in [6.45, 7) is 2.72. The number of halogens is 1.